The topological polar surface area (TPSA) is 117 Å². The third-order valence-electron chi connectivity index (χ3n) is 7.53. The van der Waals surface area contributed by atoms with E-state index in [0.717, 1.165) is 35.8 Å². The van der Waals surface area contributed by atoms with E-state index in [1.807, 2.05) is 67.6 Å². The van der Waals surface area contributed by atoms with Gasteiger partial charge >= 0.3 is 0 Å². The van der Waals surface area contributed by atoms with Crippen LogP contribution < -0.4 is 25.2 Å². The fraction of sp³-hybridized carbons (Fsp3) is 0.212. The number of piperazine rings is 1. The molecule has 10 nitrogen and oxygen atoms in total. The van der Waals surface area contributed by atoms with Crippen LogP contribution in [-0.2, 0) is 0 Å². The lowest BCUT2D eigenvalue weighted by molar-refractivity contribution is -0.384. The number of hydrogen-bond acceptors (Lipinski definition) is 7. The van der Waals surface area contributed by atoms with Gasteiger partial charge in [0.15, 0.2) is 0 Å². The van der Waals surface area contributed by atoms with Crippen LogP contribution in [0.1, 0.15) is 39.2 Å². The Labute approximate surface area is 250 Å². The van der Waals surface area contributed by atoms with E-state index in [0.29, 0.717) is 24.3 Å². The summed E-state index contributed by atoms with van der Waals surface area (Å²) in [6, 6.07) is 28.1. The highest BCUT2D eigenvalue weighted by Gasteiger charge is 2.25. The first-order valence-electron chi connectivity index (χ1n) is 14.0. The molecule has 1 saturated heterocycles. The molecule has 0 spiro atoms. The van der Waals surface area contributed by atoms with Crippen LogP contribution in [0.2, 0.25) is 0 Å². The minimum Gasteiger partial charge on any atom is -0.495 e. The van der Waals surface area contributed by atoms with Gasteiger partial charge in [-0.05, 0) is 55.0 Å². The molecule has 0 bridgehead atoms. The number of carbonyl (C=O) groups is 2. The Kier molecular flexibility index (Phi) is 8.85. The van der Waals surface area contributed by atoms with E-state index in [4.69, 9.17) is 4.74 Å². The molecule has 10 heteroatoms. The van der Waals surface area contributed by atoms with Crippen LogP contribution in [0.25, 0.3) is 0 Å². The number of nitrogens with zero attached hydrogens (tertiary/aromatic N) is 3. The molecule has 5 rings (SSSR count). The number of nitro groups is 1. The largest absolute Gasteiger partial charge is 0.495 e. The third kappa shape index (κ3) is 6.75. The van der Waals surface area contributed by atoms with Crippen molar-refractivity contribution in [1.82, 2.24) is 5.32 Å². The summed E-state index contributed by atoms with van der Waals surface area (Å²) in [5.41, 5.74) is 3.83. The molecule has 43 heavy (non-hydrogen) atoms. The molecule has 1 fully saturated rings. The van der Waals surface area contributed by atoms with E-state index in [9.17, 15) is 19.7 Å². The minimum absolute atomic E-state index is 0.0989. The van der Waals surface area contributed by atoms with Crippen LogP contribution in [0.3, 0.4) is 0 Å². The average molecular weight is 580 g/mol. The molecule has 2 amide bonds. The smallest absolute Gasteiger partial charge is 0.269 e. The predicted molar refractivity (Wildman–Crippen MR) is 167 cm³/mol. The maximum Gasteiger partial charge on any atom is 0.269 e. The number of amides is 2. The second-order valence-electron chi connectivity index (χ2n) is 10.2. The van der Waals surface area contributed by atoms with Gasteiger partial charge in [0, 0.05) is 55.2 Å². The van der Waals surface area contributed by atoms with Crippen molar-refractivity contribution in [2.45, 2.75) is 13.0 Å². The number of anilines is 3. The van der Waals surface area contributed by atoms with Crippen molar-refractivity contribution in [3.8, 4) is 5.75 Å². The highest BCUT2D eigenvalue weighted by Crippen LogP contribution is 2.31. The fourth-order valence-corrected chi connectivity index (χ4v) is 5.19. The predicted octanol–water partition coefficient (Wildman–Crippen LogP) is 5.67. The van der Waals surface area contributed by atoms with Crippen LogP contribution in [0.4, 0.5) is 22.7 Å². The van der Waals surface area contributed by atoms with Crippen molar-refractivity contribution in [2.24, 2.45) is 0 Å². The van der Waals surface area contributed by atoms with Crippen LogP contribution in [0.5, 0.6) is 5.75 Å². The van der Waals surface area contributed by atoms with E-state index in [1.54, 1.807) is 19.2 Å². The first-order valence-corrected chi connectivity index (χ1v) is 14.0. The molecule has 4 aromatic rings. The van der Waals surface area contributed by atoms with E-state index >= 15 is 0 Å². The Morgan fingerprint density at radius 2 is 1.44 bits per heavy atom. The Morgan fingerprint density at radius 1 is 0.814 bits per heavy atom. The normalized spacial score (nSPS) is 13.6. The molecule has 220 valence electrons. The van der Waals surface area contributed by atoms with Crippen LogP contribution >= 0.6 is 0 Å². The number of carbonyl (C=O) groups excluding carboxylic acids is 2. The van der Waals surface area contributed by atoms with Gasteiger partial charge in [-0.3, -0.25) is 19.7 Å². The fourth-order valence-electron chi connectivity index (χ4n) is 5.19. The number of methoxy groups -OCH3 is 1. The van der Waals surface area contributed by atoms with Crippen molar-refractivity contribution in [2.75, 3.05) is 48.4 Å². The second kappa shape index (κ2) is 13.1. The Balaban J connectivity index is 1.38. The van der Waals surface area contributed by atoms with E-state index in [-0.39, 0.29) is 23.2 Å². The zero-order chi connectivity index (χ0) is 30.3. The van der Waals surface area contributed by atoms with Gasteiger partial charge in [0.2, 0.25) is 0 Å². The van der Waals surface area contributed by atoms with Gasteiger partial charge in [-0.25, -0.2) is 0 Å². The molecule has 0 aromatic heterocycles. The van der Waals surface area contributed by atoms with E-state index < -0.39 is 10.8 Å². The molecule has 1 unspecified atom stereocenters. The van der Waals surface area contributed by atoms with Gasteiger partial charge in [0.05, 0.1) is 29.3 Å². The molecule has 1 heterocycles. The summed E-state index contributed by atoms with van der Waals surface area (Å²) in [4.78, 5) is 41.6. The quantitative estimate of drug-likeness (QED) is 0.194. The minimum atomic E-state index is -0.516. The van der Waals surface area contributed by atoms with Crippen LogP contribution in [0, 0.1) is 10.1 Å². The summed E-state index contributed by atoms with van der Waals surface area (Å²) >= 11 is 0. The summed E-state index contributed by atoms with van der Waals surface area (Å²) in [7, 11) is 1.67. The Hall–Kier alpha value is -5.38. The zero-order valence-corrected chi connectivity index (χ0v) is 24.0. The monoisotopic (exact) mass is 579 g/mol. The number of hydrogen-bond donors (Lipinski definition) is 2. The zero-order valence-electron chi connectivity index (χ0n) is 24.0. The maximum atomic E-state index is 13.7. The summed E-state index contributed by atoms with van der Waals surface area (Å²) in [5.74, 6) is 0.126. The van der Waals surface area contributed by atoms with Gasteiger partial charge < -0.3 is 25.2 Å². The SMILES string of the molecule is COc1ccccc1N1CCN(c2ccc(NC(=O)c3ccc([N+](=O)[O-])cc3)cc2C(=O)NC(C)c2ccccc2)CC1. The number of para-hydroxylation sites is 2. The van der Waals surface area contributed by atoms with Crippen molar-refractivity contribution in [1.29, 1.82) is 0 Å². The lowest BCUT2D eigenvalue weighted by Gasteiger charge is -2.38. The standard InChI is InChI=1S/C33H33N5O5/c1-23(24-8-4-3-5-9-24)34-33(40)28-22-26(35-32(39)25-12-15-27(16-13-25)38(41)42)14-17-29(28)36-18-20-37(21-19-36)30-10-6-7-11-31(30)43-2/h3-17,22-23H,18-21H2,1-2H3,(H,34,40)(H,35,39). The molecule has 0 saturated carbocycles. The summed E-state index contributed by atoms with van der Waals surface area (Å²) in [5, 5.41) is 16.9. The molecular formula is C33H33N5O5. The van der Waals surface area contributed by atoms with E-state index in [2.05, 4.69) is 20.4 Å². The maximum absolute atomic E-state index is 13.7. The number of nitrogens with one attached hydrogen (secondary N) is 2. The summed E-state index contributed by atoms with van der Waals surface area (Å²) in [6.45, 7) is 4.77. The Bertz CT molecular complexity index is 1600. The number of non-ortho nitro benzene ring substituents is 1. The van der Waals surface area contributed by atoms with Gasteiger partial charge in [-0.2, -0.15) is 0 Å². The van der Waals surface area contributed by atoms with Gasteiger partial charge in [-0.1, -0.05) is 42.5 Å². The van der Waals surface area contributed by atoms with Crippen molar-refractivity contribution >= 4 is 34.6 Å². The molecule has 0 radical (unpaired) electrons. The van der Waals surface area contributed by atoms with Gasteiger partial charge in [-0.15, -0.1) is 0 Å². The average Bonchev–Trinajstić information content (AvgIpc) is 3.05. The van der Waals surface area contributed by atoms with Crippen molar-refractivity contribution < 1.29 is 19.2 Å². The van der Waals surface area contributed by atoms with Gasteiger partial charge in [0.1, 0.15) is 5.75 Å². The van der Waals surface area contributed by atoms with Gasteiger partial charge in [0.25, 0.3) is 17.5 Å². The molecule has 4 aromatic carbocycles. The van der Waals surface area contributed by atoms with Crippen LogP contribution in [0.15, 0.2) is 97.1 Å². The first kappa shape index (κ1) is 29.1. The van der Waals surface area contributed by atoms with E-state index in [1.165, 1.54) is 24.3 Å². The highest BCUT2D eigenvalue weighted by molar-refractivity contribution is 6.06. The van der Waals surface area contributed by atoms with Crippen molar-refractivity contribution in [3.05, 3.63) is 124 Å². The molecule has 1 aliphatic heterocycles. The van der Waals surface area contributed by atoms with Crippen molar-refractivity contribution in [3.63, 3.8) is 0 Å². The number of ether oxygens (including phenoxy) is 1. The highest BCUT2D eigenvalue weighted by atomic mass is 16.6. The lowest BCUT2D eigenvalue weighted by Crippen LogP contribution is -2.47. The summed E-state index contributed by atoms with van der Waals surface area (Å²) < 4.78 is 5.55. The number of rotatable bonds is 9. The van der Waals surface area contributed by atoms with Crippen LogP contribution in [-0.4, -0.2) is 50.0 Å². The third-order valence-corrected chi connectivity index (χ3v) is 7.53. The second-order valence-corrected chi connectivity index (χ2v) is 10.2. The molecule has 1 aliphatic rings. The molecule has 0 aliphatic carbocycles. The first-order chi connectivity index (χ1) is 20.8. The molecule has 2 N–H and O–H groups in total. The summed E-state index contributed by atoms with van der Waals surface area (Å²) in [6.07, 6.45) is 0. The number of nitro benzene ring substituents is 1. The molecule has 1 atom stereocenters. The lowest BCUT2D eigenvalue weighted by atomic mass is 10.1. The molecular weight excluding hydrogens is 546 g/mol. The Morgan fingerprint density at radius 3 is 2.09 bits per heavy atom. The number of benzene rings is 4.